The minimum Gasteiger partial charge on any atom is -0.494 e. The van der Waals surface area contributed by atoms with E-state index in [9.17, 15) is 18.4 Å². The standard InChI is InChI=1S/C13H13F2NO4/c1-2-20-6-3-8(14)10(9(15)4-6)7-5-16-12(17)11(7)13(18)19/h3-4,7,11H,2,5H2,1H3,(H,16,17)(H,18,19)/t7-,11-/m1/s1. The number of nitrogens with one attached hydrogen (secondary N) is 1. The van der Waals surface area contributed by atoms with Gasteiger partial charge in [-0.2, -0.15) is 0 Å². The van der Waals surface area contributed by atoms with E-state index in [-0.39, 0.29) is 18.9 Å². The first-order valence-corrected chi connectivity index (χ1v) is 6.08. The van der Waals surface area contributed by atoms with E-state index in [0.717, 1.165) is 12.1 Å². The van der Waals surface area contributed by atoms with Crippen LogP contribution in [0.1, 0.15) is 18.4 Å². The van der Waals surface area contributed by atoms with Crippen molar-refractivity contribution in [3.63, 3.8) is 0 Å². The molecule has 5 nitrogen and oxygen atoms in total. The lowest BCUT2D eigenvalue weighted by Crippen LogP contribution is -2.27. The third kappa shape index (κ3) is 2.43. The summed E-state index contributed by atoms with van der Waals surface area (Å²) in [6.07, 6.45) is 0. The van der Waals surface area contributed by atoms with E-state index in [2.05, 4.69) is 5.32 Å². The molecule has 0 aliphatic carbocycles. The largest absolute Gasteiger partial charge is 0.494 e. The van der Waals surface area contributed by atoms with E-state index in [1.165, 1.54) is 0 Å². The van der Waals surface area contributed by atoms with Gasteiger partial charge in [0.1, 0.15) is 23.3 Å². The van der Waals surface area contributed by atoms with Crippen molar-refractivity contribution >= 4 is 11.9 Å². The van der Waals surface area contributed by atoms with Crippen molar-refractivity contribution in [2.45, 2.75) is 12.8 Å². The molecule has 1 aromatic rings. The summed E-state index contributed by atoms with van der Waals surface area (Å²) in [6.45, 7) is 1.81. The van der Waals surface area contributed by atoms with E-state index < -0.39 is 40.9 Å². The average molecular weight is 285 g/mol. The summed E-state index contributed by atoms with van der Waals surface area (Å²) in [5.41, 5.74) is -0.404. The molecule has 0 radical (unpaired) electrons. The first kappa shape index (κ1) is 14.2. The Morgan fingerprint density at radius 3 is 2.55 bits per heavy atom. The van der Waals surface area contributed by atoms with Gasteiger partial charge in [-0.15, -0.1) is 0 Å². The maximum atomic E-state index is 14.0. The summed E-state index contributed by atoms with van der Waals surface area (Å²) in [5.74, 6) is -6.52. The first-order chi connectivity index (χ1) is 9.45. The Labute approximate surface area is 113 Å². The van der Waals surface area contributed by atoms with Gasteiger partial charge in [-0.05, 0) is 6.92 Å². The molecule has 1 heterocycles. The molecule has 0 spiro atoms. The Morgan fingerprint density at radius 1 is 1.45 bits per heavy atom. The highest BCUT2D eigenvalue weighted by atomic mass is 19.1. The zero-order chi connectivity index (χ0) is 14.9. The molecule has 1 fully saturated rings. The van der Waals surface area contributed by atoms with Gasteiger partial charge < -0.3 is 15.2 Å². The number of carbonyl (C=O) groups excluding carboxylic acids is 1. The minimum absolute atomic E-state index is 0.0235. The van der Waals surface area contributed by atoms with Gasteiger partial charge in [-0.25, -0.2) is 8.78 Å². The van der Waals surface area contributed by atoms with Crippen molar-refractivity contribution in [1.29, 1.82) is 0 Å². The average Bonchev–Trinajstić information content (AvgIpc) is 2.70. The number of amides is 1. The molecule has 108 valence electrons. The Morgan fingerprint density at radius 2 is 2.05 bits per heavy atom. The molecule has 1 saturated heterocycles. The molecule has 2 rings (SSSR count). The predicted octanol–water partition coefficient (Wildman–Crippen LogP) is 1.28. The third-order valence-corrected chi connectivity index (χ3v) is 3.18. The van der Waals surface area contributed by atoms with Crippen LogP contribution in [0.15, 0.2) is 12.1 Å². The monoisotopic (exact) mass is 285 g/mol. The normalized spacial score (nSPS) is 21.6. The lowest BCUT2D eigenvalue weighted by Gasteiger charge is -2.16. The van der Waals surface area contributed by atoms with Crippen LogP contribution in [0.2, 0.25) is 0 Å². The molecule has 0 aromatic heterocycles. The van der Waals surface area contributed by atoms with E-state index in [1.807, 2.05) is 0 Å². The number of hydrogen-bond acceptors (Lipinski definition) is 3. The fourth-order valence-corrected chi connectivity index (χ4v) is 2.34. The second kappa shape index (κ2) is 5.44. The second-order valence-electron chi connectivity index (χ2n) is 4.40. The van der Waals surface area contributed by atoms with Crippen molar-refractivity contribution < 1.29 is 28.2 Å². The number of carboxylic acids is 1. The van der Waals surface area contributed by atoms with Crippen molar-refractivity contribution in [3.05, 3.63) is 29.3 Å². The maximum absolute atomic E-state index is 14.0. The van der Waals surface area contributed by atoms with Gasteiger partial charge >= 0.3 is 5.97 Å². The zero-order valence-corrected chi connectivity index (χ0v) is 10.7. The predicted molar refractivity (Wildman–Crippen MR) is 64.4 cm³/mol. The summed E-state index contributed by atoms with van der Waals surface area (Å²) in [7, 11) is 0. The Kier molecular flexibility index (Phi) is 3.87. The van der Waals surface area contributed by atoms with Gasteiger partial charge in [-0.3, -0.25) is 9.59 Å². The summed E-state index contributed by atoms with van der Waals surface area (Å²) in [5, 5.41) is 11.3. The molecule has 1 amide bonds. The van der Waals surface area contributed by atoms with Gasteiger partial charge in [0.25, 0.3) is 0 Å². The summed E-state index contributed by atoms with van der Waals surface area (Å²) in [6, 6.07) is 1.98. The molecule has 0 saturated carbocycles. The fraction of sp³-hybridized carbons (Fsp3) is 0.385. The number of rotatable bonds is 4. The van der Waals surface area contributed by atoms with Crippen molar-refractivity contribution in [2.24, 2.45) is 5.92 Å². The minimum atomic E-state index is -1.49. The number of aliphatic carboxylic acids is 1. The fourth-order valence-electron chi connectivity index (χ4n) is 2.34. The van der Waals surface area contributed by atoms with Crippen LogP contribution in [-0.4, -0.2) is 30.1 Å². The van der Waals surface area contributed by atoms with Crippen LogP contribution in [-0.2, 0) is 9.59 Å². The summed E-state index contributed by atoms with van der Waals surface area (Å²) < 4.78 is 33.0. The number of carbonyl (C=O) groups is 2. The molecule has 1 aliphatic heterocycles. The van der Waals surface area contributed by atoms with Crippen LogP contribution in [0.25, 0.3) is 0 Å². The molecule has 1 aliphatic rings. The lowest BCUT2D eigenvalue weighted by molar-refractivity contribution is -0.145. The topological polar surface area (TPSA) is 75.6 Å². The quantitative estimate of drug-likeness (QED) is 0.817. The molecule has 1 aromatic carbocycles. The second-order valence-corrected chi connectivity index (χ2v) is 4.40. The van der Waals surface area contributed by atoms with Gasteiger partial charge in [0.15, 0.2) is 0 Å². The number of halogens is 2. The lowest BCUT2D eigenvalue weighted by atomic mass is 9.88. The number of carboxylic acid groups (broad SMARTS) is 1. The van der Waals surface area contributed by atoms with Crippen LogP contribution < -0.4 is 10.1 Å². The number of ether oxygens (including phenoxy) is 1. The van der Waals surface area contributed by atoms with Crippen LogP contribution in [0.3, 0.4) is 0 Å². The molecule has 0 unspecified atom stereocenters. The molecule has 20 heavy (non-hydrogen) atoms. The Hall–Kier alpha value is -2.18. The van der Waals surface area contributed by atoms with E-state index in [4.69, 9.17) is 9.84 Å². The Bertz CT molecular complexity index is 538. The van der Waals surface area contributed by atoms with Crippen LogP contribution in [0, 0.1) is 17.6 Å². The molecule has 2 atom stereocenters. The molecular formula is C13H13F2NO4. The first-order valence-electron chi connectivity index (χ1n) is 6.08. The number of hydrogen-bond donors (Lipinski definition) is 2. The van der Waals surface area contributed by atoms with Gasteiger partial charge in [0.2, 0.25) is 5.91 Å². The van der Waals surface area contributed by atoms with E-state index >= 15 is 0 Å². The molecular weight excluding hydrogens is 272 g/mol. The van der Waals surface area contributed by atoms with Crippen molar-refractivity contribution in [2.75, 3.05) is 13.2 Å². The highest BCUT2D eigenvalue weighted by Gasteiger charge is 2.43. The summed E-state index contributed by atoms with van der Waals surface area (Å²) in [4.78, 5) is 22.5. The number of benzene rings is 1. The van der Waals surface area contributed by atoms with Crippen LogP contribution >= 0.6 is 0 Å². The third-order valence-electron chi connectivity index (χ3n) is 3.18. The van der Waals surface area contributed by atoms with Crippen LogP contribution in [0.4, 0.5) is 8.78 Å². The zero-order valence-electron chi connectivity index (χ0n) is 10.7. The van der Waals surface area contributed by atoms with E-state index in [1.54, 1.807) is 6.92 Å². The highest BCUT2D eigenvalue weighted by molar-refractivity contribution is 5.99. The maximum Gasteiger partial charge on any atom is 0.316 e. The van der Waals surface area contributed by atoms with Crippen LogP contribution in [0.5, 0.6) is 5.75 Å². The summed E-state index contributed by atoms with van der Waals surface area (Å²) >= 11 is 0. The molecule has 2 N–H and O–H groups in total. The van der Waals surface area contributed by atoms with Gasteiger partial charge in [0, 0.05) is 30.2 Å². The highest BCUT2D eigenvalue weighted by Crippen LogP contribution is 2.34. The van der Waals surface area contributed by atoms with E-state index in [0.29, 0.717) is 0 Å². The Balaban J connectivity index is 2.42. The smallest absolute Gasteiger partial charge is 0.316 e. The van der Waals surface area contributed by atoms with Gasteiger partial charge in [-0.1, -0.05) is 0 Å². The SMILES string of the molecule is CCOc1cc(F)c([C@H]2CNC(=O)[C@@H]2C(=O)O)c(F)c1. The van der Waals surface area contributed by atoms with Crippen molar-refractivity contribution in [3.8, 4) is 5.75 Å². The van der Waals surface area contributed by atoms with Gasteiger partial charge in [0.05, 0.1) is 6.61 Å². The molecule has 7 heteroatoms. The molecule has 0 bridgehead atoms. The van der Waals surface area contributed by atoms with Crippen molar-refractivity contribution in [1.82, 2.24) is 5.32 Å².